The number of hydrogen-bond acceptors (Lipinski definition) is 3. The fraction of sp³-hybridized carbons (Fsp3) is 0.0714. The van der Waals surface area contributed by atoms with Crippen molar-refractivity contribution in [1.29, 1.82) is 0 Å². The lowest BCUT2D eigenvalue weighted by Gasteiger charge is -2.18. The molecule has 1 amide bonds. The van der Waals surface area contributed by atoms with Crippen molar-refractivity contribution in [1.82, 2.24) is 5.43 Å². The number of para-hydroxylation sites is 1. The molecule has 3 N–H and O–H groups in total. The molecule has 2 rings (SSSR count). The first kappa shape index (κ1) is 13.0. The lowest BCUT2D eigenvalue weighted by molar-refractivity contribution is -0.128. The molecule has 0 bridgehead atoms. The van der Waals surface area contributed by atoms with Gasteiger partial charge in [0.15, 0.2) is 11.6 Å². The maximum absolute atomic E-state index is 13.5. The van der Waals surface area contributed by atoms with E-state index in [1.54, 1.807) is 36.4 Å². The van der Waals surface area contributed by atoms with Crippen LogP contribution in [0.25, 0.3) is 0 Å². The number of rotatable bonds is 4. The molecule has 5 heteroatoms. The molecule has 0 spiro atoms. The van der Waals surface area contributed by atoms with Crippen LogP contribution in [0, 0.1) is 5.82 Å². The van der Waals surface area contributed by atoms with Crippen molar-refractivity contribution in [2.45, 2.75) is 6.10 Å². The van der Waals surface area contributed by atoms with E-state index in [-0.39, 0.29) is 5.75 Å². The minimum absolute atomic E-state index is 0.0000435. The fourth-order valence-corrected chi connectivity index (χ4v) is 1.64. The topological polar surface area (TPSA) is 64.3 Å². The Morgan fingerprint density at radius 1 is 1.11 bits per heavy atom. The number of carbonyl (C=O) groups is 1. The molecule has 0 aliphatic rings. The third kappa shape index (κ3) is 3.08. The van der Waals surface area contributed by atoms with Gasteiger partial charge in [0.05, 0.1) is 0 Å². The summed E-state index contributed by atoms with van der Waals surface area (Å²) < 4.78 is 19.0. The lowest BCUT2D eigenvalue weighted by atomic mass is 10.1. The van der Waals surface area contributed by atoms with Crippen LogP contribution in [0.4, 0.5) is 4.39 Å². The van der Waals surface area contributed by atoms with Crippen LogP contribution in [0.3, 0.4) is 0 Å². The number of amides is 1. The number of ether oxygens (including phenoxy) is 1. The highest BCUT2D eigenvalue weighted by atomic mass is 19.1. The zero-order chi connectivity index (χ0) is 13.7. The molecule has 2 aromatic carbocycles. The molecule has 0 saturated heterocycles. The van der Waals surface area contributed by atoms with Gasteiger partial charge < -0.3 is 4.74 Å². The van der Waals surface area contributed by atoms with E-state index in [1.165, 1.54) is 12.1 Å². The smallest absolute Gasteiger partial charge is 0.279 e. The Balaban J connectivity index is 2.30. The molecule has 0 saturated carbocycles. The Bertz CT molecular complexity index is 560. The molecule has 0 aromatic heterocycles. The summed E-state index contributed by atoms with van der Waals surface area (Å²) in [4.78, 5) is 11.7. The van der Waals surface area contributed by atoms with Gasteiger partial charge >= 0.3 is 0 Å². The third-order valence-corrected chi connectivity index (χ3v) is 2.56. The van der Waals surface area contributed by atoms with Crippen molar-refractivity contribution in [2.75, 3.05) is 0 Å². The summed E-state index contributed by atoms with van der Waals surface area (Å²) in [6.07, 6.45) is -0.997. The first-order valence-corrected chi connectivity index (χ1v) is 5.69. The van der Waals surface area contributed by atoms with Crippen molar-refractivity contribution in [3.8, 4) is 5.75 Å². The maximum Gasteiger partial charge on any atom is 0.279 e. The summed E-state index contributed by atoms with van der Waals surface area (Å²) in [7, 11) is 0. The van der Waals surface area contributed by atoms with Crippen molar-refractivity contribution >= 4 is 5.91 Å². The van der Waals surface area contributed by atoms with Gasteiger partial charge in [-0.25, -0.2) is 10.2 Å². The van der Waals surface area contributed by atoms with Gasteiger partial charge in [-0.15, -0.1) is 0 Å². The number of nitrogens with two attached hydrogens (primary N) is 1. The van der Waals surface area contributed by atoms with Gasteiger partial charge in [-0.05, 0) is 12.1 Å². The van der Waals surface area contributed by atoms with E-state index in [4.69, 9.17) is 10.6 Å². The highest BCUT2D eigenvalue weighted by molar-refractivity contribution is 5.82. The number of carbonyl (C=O) groups excluding carboxylic acids is 1. The largest absolute Gasteiger partial charge is 0.473 e. The molecule has 2 aromatic rings. The Morgan fingerprint density at radius 2 is 1.74 bits per heavy atom. The van der Waals surface area contributed by atoms with Gasteiger partial charge in [-0.1, -0.05) is 42.5 Å². The lowest BCUT2D eigenvalue weighted by Crippen LogP contribution is -2.37. The summed E-state index contributed by atoms with van der Waals surface area (Å²) in [5.74, 6) is 4.05. The van der Waals surface area contributed by atoms with Crippen LogP contribution in [0.1, 0.15) is 11.7 Å². The van der Waals surface area contributed by atoms with Crippen molar-refractivity contribution in [3.05, 3.63) is 66.0 Å². The van der Waals surface area contributed by atoms with E-state index in [1.807, 2.05) is 11.5 Å². The van der Waals surface area contributed by atoms with E-state index in [0.717, 1.165) is 0 Å². The van der Waals surface area contributed by atoms with Gasteiger partial charge in [0.1, 0.15) is 0 Å². The number of nitrogens with one attached hydrogen (secondary N) is 1. The predicted octanol–water partition coefficient (Wildman–Crippen LogP) is 1.94. The highest BCUT2D eigenvalue weighted by Gasteiger charge is 2.22. The predicted molar refractivity (Wildman–Crippen MR) is 68.5 cm³/mol. The van der Waals surface area contributed by atoms with Crippen LogP contribution in [-0.2, 0) is 4.79 Å². The molecule has 0 aliphatic heterocycles. The van der Waals surface area contributed by atoms with Crippen LogP contribution in [0.15, 0.2) is 54.6 Å². The molecule has 0 aliphatic carbocycles. The average molecular weight is 260 g/mol. The molecule has 1 atom stereocenters. The van der Waals surface area contributed by atoms with E-state index >= 15 is 0 Å². The minimum Gasteiger partial charge on any atom is -0.473 e. The zero-order valence-corrected chi connectivity index (χ0v) is 10.0. The Morgan fingerprint density at radius 3 is 2.37 bits per heavy atom. The van der Waals surface area contributed by atoms with Gasteiger partial charge in [-0.2, -0.15) is 0 Å². The molecule has 0 fully saturated rings. The standard InChI is InChI=1S/C14H13FN2O2/c15-11-8-4-5-9-12(11)19-13(14(18)17-16)10-6-2-1-3-7-10/h1-9,13H,16H2,(H,17,18). The van der Waals surface area contributed by atoms with E-state index < -0.39 is 17.8 Å². The zero-order valence-electron chi connectivity index (χ0n) is 10.0. The SMILES string of the molecule is NNC(=O)C(Oc1ccccc1F)c1ccccc1. The quantitative estimate of drug-likeness (QED) is 0.501. The van der Waals surface area contributed by atoms with Gasteiger partial charge in [-0.3, -0.25) is 10.2 Å². The van der Waals surface area contributed by atoms with E-state index in [2.05, 4.69) is 0 Å². The number of hydrogen-bond donors (Lipinski definition) is 2. The molecule has 4 nitrogen and oxygen atoms in total. The van der Waals surface area contributed by atoms with Crippen molar-refractivity contribution in [3.63, 3.8) is 0 Å². The Labute approximate surface area is 110 Å². The molecule has 0 radical (unpaired) electrons. The van der Waals surface area contributed by atoms with Crippen LogP contribution < -0.4 is 16.0 Å². The van der Waals surface area contributed by atoms with Gasteiger partial charge in [0.25, 0.3) is 5.91 Å². The summed E-state index contributed by atoms with van der Waals surface area (Å²) in [5, 5.41) is 0. The highest BCUT2D eigenvalue weighted by Crippen LogP contribution is 2.24. The summed E-state index contributed by atoms with van der Waals surface area (Å²) >= 11 is 0. The minimum atomic E-state index is -0.997. The normalized spacial score (nSPS) is 11.7. The average Bonchev–Trinajstić information content (AvgIpc) is 2.46. The van der Waals surface area contributed by atoms with E-state index in [0.29, 0.717) is 5.56 Å². The monoisotopic (exact) mass is 260 g/mol. The molecular formula is C14H13FN2O2. The Hall–Kier alpha value is -2.40. The number of hydrazine groups is 1. The summed E-state index contributed by atoms with van der Waals surface area (Å²) in [6.45, 7) is 0. The van der Waals surface area contributed by atoms with Gasteiger partial charge in [0.2, 0.25) is 6.10 Å². The van der Waals surface area contributed by atoms with E-state index in [9.17, 15) is 9.18 Å². The number of halogens is 1. The van der Waals surface area contributed by atoms with Crippen LogP contribution in [0.2, 0.25) is 0 Å². The first-order valence-electron chi connectivity index (χ1n) is 5.69. The van der Waals surface area contributed by atoms with Crippen molar-refractivity contribution < 1.29 is 13.9 Å². The molecule has 19 heavy (non-hydrogen) atoms. The third-order valence-electron chi connectivity index (χ3n) is 2.56. The summed E-state index contributed by atoms with van der Waals surface area (Å²) in [5.41, 5.74) is 2.61. The second kappa shape index (κ2) is 5.97. The van der Waals surface area contributed by atoms with Crippen LogP contribution in [-0.4, -0.2) is 5.91 Å². The van der Waals surface area contributed by atoms with Crippen molar-refractivity contribution in [2.24, 2.45) is 5.84 Å². The molecule has 0 heterocycles. The number of benzene rings is 2. The molecule has 1 unspecified atom stereocenters. The molecular weight excluding hydrogens is 247 g/mol. The van der Waals surface area contributed by atoms with Crippen LogP contribution >= 0.6 is 0 Å². The molecule has 98 valence electrons. The maximum atomic E-state index is 13.5. The fourth-order valence-electron chi connectivity index (χ4n) is 1.64. The second-order valence-corrected chi connectivity index (χ2v) is 3.85. The summed E-state index contributed by atoms with van der Waals surface area (Å²) in [6, 6.07) is 14.6. The second-order valence-electron chi connectivity index (χ2n) is 3.85. The van der Waals surface area contributed by atoms with Crippen LogP contribution in [0.5, 0.6) is 5.75 Å². The Kier molecular flexibility index (Phi) is 4.10. The van der Waals surface area contributed by atoms with Gasteiger partial charge in [0, 0.05) is 5.56 Å². The first-order chi connectivity index (χ1) is 9.22.